The van der Waals surface area contributed by atoms with E-state index in [0.29, 0.717) is 37.8 Å². The van der Waals surface area contributed by atoms with Gasteiger partial charge in [-0.3, -0.25) is 0 Å². The first kappa shape index (κ1) is 16.9. The van der Waals surface area contributed by atoms with Crippen LogP contribution in [0.15, 0.2) is 27.2 Å². The lowest BCUT2D eigenvalue weighted by molar-refractivity contribution is 0.190. The van der Waals surface area contributed by atoms with E-state index in [1.54, 1.807) is 17.0 Å². The van der Waals surface area contributed by atoms with Crippen LogP contribution < -0.4 is 10.2 Å². The van der Waals surface area contributed by atoms with Gasteiger partial charge in [-0.25, -0.2) is 4.79 Å². The number of oxazole rings is 1. The molecular formula is C17H21N5O3. The van der Waals surface area contributed by atoms with Crippen LogP contribution in [-0.2, 0) is 0 Å². The summed E-state index contributed by atoms with van der Waals surface area (Å²) in [5.41, 5.74) is 0.226. The number of hydrogen-bond acceptors (Lipinski definition) is 6. The first-order valence-corrected chi connectivity index (χ1v) is 8.37. The van der Waals surface area contributed by atoms with Crippen LogP contribution in [0.3, 0.4) is 0 Å². The number of nitrogens with zero attached hydrogens (tertiary/aromatic N) is 4. The summed E-state index contributed by atoms with van der Waals surface area (Å²) in [4.78, 5) is 20.1. The highest BCUT2D eigenvalue weighted by molar-refractivity contribution is 5.74. The molecule has 1 unspecified atom stereocenters. The van der Waals surface area contributed by atoms with Gasteiger partial charge >= 0.3 is 6.03 Å². The van der Waals surface area contributed by atoms with Gasteiger partial charge in [-0.15, -0.1) is 0 Å². The van der Waals surface area contributed by atoms with E-state index in [9.17, 15) is 10.1 Å². The number of urea groups is 1. The van der Waals surface area contributed by atoms with E-state index in [1.807, 2.05) is 18.7 Å². The van der Waals surface area contributed by atoms with E-state index in [2.05, 4.69) is 16.4 Å². The first-order valence-electron chi connectivity index (χ1n) is 8.37. The number of rotatable bonds is 4. The van der Waals surface area contributed by atoms with Crippen molar-refractivity contribution in [2.24, 2.45) is 0 Å². The predicted molar refractivity (Wildman–Crippen MR) is 91.0 cm³/mol. The lowest BCUT2D eigenvalue weighted by atomic mass is 10.2. The van der Waals surface area contributed by atoms with E-state index in [-0.39, 0.29) is 23.7 Å². The molecule has 2 amide bonds. The number of carbonyl (C=O) groups is 1. The SMILES string of the molecule is CCC(C)NC(=O)N1CCN(c2oc(-c3ccco3)nc2C#N)CC1. The van der Waals surface area contributed by atoms with Crippen molar-refractivity contribution in [1.82, 2.24) is 15.2 Å². The lowest BCUT2D eigenvalue weighted by Crippen LogP contribution is -2.53. The third-order valence-corrected chi connectivity index (χ3v) is 4.28. The normalized spacial score (nSPS) is 15.7. The number of nitriles is 1. The van der Waals surface area contributed by atoms with Gasteiger partial charge in [0.05, 0.1) is 6.26 Å². The summed E-state index contributed by atoms with van der Waals surface area (Å²) in [6.07, 6.45) is 2.42. The highest BCUT2D eigenvalue weighted by atomic mass is 16.4. The maximum atomic E-state index is 12.2. The third-order valence-electron chi connectivity index (χ3n) is 4.28. The molecule has 0 aromatic carbocycles. The summed E-state index contributed by atoms with van der Waals surface area (Å²) in [5.74, 6) is 1.19. The second-order valence-electron chi connectivity index (χ2n) is 5.99. The smallest absolute Gasteiger partial charge is 0.317 e. The molecule has 0 radical (unpaired) electrons. The number of hydrogen-bond donors (Lipinski definition) is 1. The molecule has 1 atom stereocenters. The molecule has 2 aromatic heterocycles. The monoisotopic (exact) mass is 343 g/mol. The molecule has 0 saturated carbocycles. The predicted octanol–water partition coefficient (Wildman–Crippen LogP) is 2.44. The average Bonchev–Trinajstić information content (AvgIpc) is 3.30. The van der Waals surface area contributed by atoms with Crippen LogP contribution in [0.25, 0.3) is 11.7 Å². The number of furan rings is 1. The van der Waals surface area contributed by atoms with Crippen LogP contribution >= 0.6 is 0 Å². The molecule has 1 aliphatic heterocycles. The Morgan fingerprint density at radius 1 is 1.44 bits per heavy atom. The first-order chi connectivity index (χ1) is 12.1. The Balaban J connectivity index is 1.67. The van der Waals surface area contributed by atoms with Gasteiger partial charge in [-0.05, 0) is 25.5 Å². The van der Waals surface area contributed by atoms with Crippen molar-refractivity contribution < 1.29 is 13.6 Å². The molecule has 0 aliphatic carbocycles. The van der Waals surface area contributed by atoms with Crippen molar-refractivity contribution in [3.05, 3.63) is 24.1 Å². The zero-order valence-corrected chi connectivity index (χ0v) is 14.4. The minimum absolute atomic E-state index is 0.0525. The van der Waals surface area contributed by atoms with Crippen molar-refractivity contribution in [3.8, 4) is 17.7 Å². The molecular weight excluding hydrogens is 322 g/mol. The maximum absolute atomic E-state index is 12.2. The van der Waals surface area contributed by atoms with Crippen LogP contribution in [0.5, 0.6) is 0 Å². The zero-order chi connectivity index (χ0) is 17.8. The van der Waals surface area contributed by atoms with Crippen molar-refractivity contribution in [1.29, 1.82) is 5.26 Å². The molecule has 0 spiro atoms. The minimum Gasteiger partial charge on any atom is -0.459 e. The Labute approximate surface area is 146 Å². The van der Waals surface area contributed by atoms with Crippen molar-refractivity contribution in [2.75, 3.05) is 31.1 Å². The highest BCUT2D eigenvalue weighted by Gasteiger charge is 2.27. The summed E-state index contributed by atoms with van der Waals surface area (Å²) >= 11 is 0. The molecule has 1 N–H and O–H groups in total. The Bertz CT molecular complexity index is 754. The van der Waals surface area contributed by atoms with Crippen molar-refractivity contribution in [2.45, 2.75) is 26.3 Å². The van der Waals surface area contributed by atoms with Gasteiger partial charge < -0.3 is 24.0 Å². The maximum Gasteiger partial charge on any atom is 0.317 e. The largest absolute Gasteiger partial charge is 0.459 e. The zero-order valence-electron chi connectivity index (χ0n) is 14.4. The molecule has 1 fully saturated rings. The van der Waals surface area contributed by atoms with E-state index in [4.69, 9.17) is 8.83 Å². The van der Waals surface area contributed by atoms with Gasteiger partial charge in [-0.2, -0.15) is 10.2 Å². The van der Waals surface area contributed by atoms with Gasteiger partial charge in [0.2, 0.25) is 11.6 Å². The fourth-order valence-electron chi connectivity index (χ4n) is 2.62. The van der Waals surface area contributed by atoms with Gasteiger partial charge in [0.25, 0.3) is 5.89 Å². The molecule has 3 heterocycles. The van der Waals surface area contributed by atoms with E-state index in [1.165, 1.54) is 6.26 Å². The van der Waals surface area contributed by atoms with E-state index < -0.39 is 0 Å². The molecule has 25 heavy (non-hydrogen) atoms. The van der Waals surface area contributed by atoms with Gasteiger partial charge in [0.15, 0.2) is 5.76 Å². The minimum atomic E-state index is -0.0525. The topological polar surface area (TPSA) is 98.5 Å². The molecule has 2 aromatic rings. The molecule has 1 saturated heterocycles. The van der Waals surface area contributed by atoms with Crippen LogP contribution in [0, 0.1) is 11.3 Å². The summed E-state index contributed by atoms with van der Waals surface area (Å²) in [7, 11) is 0. The Hall–Kier alpha value is -2.95. The number of anilines is 1. The molecule has 0 bridgehead atoms. The summed E-state index contributed by atoms with van der Waals surface area (Å²) in [6, 6.07) is 5.63. The van der Waals surface area contributed by atoms with Crippen LogP contribution in [0.1, 0.15) is 26.0 Å². The average molecular weight is 343 g/mol. The second kappa shape index (κ2) is 7.30. The van der Waals surface area contributed by atoms with Crippen LogP contribution in [0.4, 0.5) is 10.7 Å². The lowest BCUT2D eigenvalue weighted by Gasteiger charge is -2.35. The fraction of sp³-hybridized carbons (Fsp3) is 0.471. The molecule has 3 rings (SSSR count). The van der Waals surface area contributed by atoms with Gasteiger partial charge in [0.1, 0.15) is 6.07 Å². The van der Waals surface area contributed by atoms with E-state index >= 15 is 0 Å². The molecule has 8 nitrogen and oxygen atoms in total. The Morgan fingerprint density at radius 2 is 2.20 bits per heavy atom. The highest BCUT2D eigenvalue weighted by Crippen LogP contribution is 2.29. The quantitative estimate of drug-likeness (QED) is 0.915. The van der Waals surface area contributed by atoms with Crippen LogP contribution in [-0.4, -0.2) is 48.1 Å². The molecule has 8 heteroatoms. The summed E-state index contributed by atoms with van der Waals surface area (Å²) in [6.45, 7) is 6.30. The van der Waals surface area contributed by atoms with E-state index in [0.717, 1.165) is 6.42 Å². The van der Waals surface area contributed by atoms with Crippen LogP contribution in [0.2, 0.25) is 0 Å². The number of piperazine rings is 1. The third kappa shape index (κ3) is 3.60. The number of carbonyl (C=O) groups excluding carboxylic acids is 1. The standard InChI is InChI=1S/C17H21N5O3/c1-3-12(2)19-17(23)22-8-6-21(7-9-22)16-13(11-18)20-15(25-16)14-5-4-10-24-14/h4-5,10,12H,3,6-9H2,1-2H3,(H,19,23). The fourth-order valence-corrected chi connectivity index (χ4v) is 2.62. The second-order valence-corrected chi connectivity index (χ2v) is 5.99. The Morgan fingerprint density at radius 3 is 2.80 bits per heavy atom. The Kier molecular flexibility index (Phi) is 4.93. The number of amides is 2. The van der Waals surface area contributed by atoms with Crippen molar-refractivity contribution in [3.63, 3.8) is 0 Å². The van der Waals surface area contributed by atoms with Gasteiger partial charge in [0, 0.05) is 32.2 Å². The molecule has 132 valence electrons. The summed E-state index contributed by atoms with van der Waals surface area (Å²) < 4.78 is 11.0. The van der Waals surface area contributed by atoms with Crippen molar-refractivity contribution >= 4 is 11.9 Å². The van der Waals surface area contributed by atoms with Gasteiger partial charge in [-0.1, -0.05) is 6.92 Å². The number of aromatic nitrogens is 1. The molecule has 1 aliphatic rings. The number of nitrogens with one attached hydrogen (secondary N) is 1. The summed E-state index contributed by atoms with van der Waals surface area (Å²) in [5, 5.41) is 12.3.